The van der Waals surface area contributed by atoms with Gasteiger partial charge in [0.1, 0.15) is 11.6 Å². The van der Waals surface area contributed by atoms with E-state index in [2.05, 4.69) is 65.7 Å². The molecule has 0 bridgehead atoms. The van der Waals surface area contributed by atoms with Gasteiger partial charge in [0.25, 0.3) is 11.7 Å². The van der Waals surface area contributed by atoms with E-state index in [-0.39, 0.29) is 11.5 Å². The fourth-order valence-corrected chi connectivity index (χ4v) is 4.83. The molecule has 0 fully saturated rings. The quantitative estimate of drug-likeness (QED) is 0.123. The minimum atomic E-state index is -0.741. The maximum atomic E-state index is 13.5. The number of amides is 1. The Kier molecular flexibility index (Phi) is 8.39. The number of carbonyl (C=O) groups excluding carboxylic acids is 2. The summed E-state index contributed by atoms with van der Waals surface area (Å²) < 4.78 is 5.44. The Morgan fingerprint density at radius 3 is 2.28 bits per heavy atom. The highest BCUT2D eigenvalue weighted by molar-refractivity contribution is 6.48. The van der Waals surface area contributed by atoms with E-state index in [4.69, 9.17) is 4.74 Å². The van der Waals surface area contributed by atoms with Crippen LogP contribution in [0.2, 0.25) is 0 Å². The van der Waals surface area contributed by atoms with Crippen LogP contribution in [0.15, 0.2) is 97.2 Å². The summed E-state index contributed by atoms with van der Waals surface area (Å²) in [4.78, 5) is 35.7. The molecule has 1 atom stereocenters. The molecule has 8 nitrogen and oxygen atoms in total. The second-order valence-electron chi connectivity index (χ2n) is 11.3. The third-order valence-corrected chi connectivity index (χ3v) is 7.25. The van der Waals surface area contributed by atoms with E-state index in [0.29, 0.717) is 34.2 Å². The number of benzene rings is 4. The largest absolute Gasteiger partial charge is 0.495 e. The topological polar surface area (TPSA) is 105 Å². The van der Waals surface area contributed by atoms with Gasteiger partial charge < -0.3 is 20.7 Å². The van der Waals surface area contributed by atoms with Crippen LogP contribution in [-0.2, 0) is 10.2 Å². The second kappa shape index (κ2) is 12.3. The number of Topliss-reactive ketones (excluding diaryl/α,β-unsaturated/α-hetero) is 1. The number of aromatic nitrogens is 2. The first-order chi connectivity index (χ1) is 20.6. The summed E-state index contributed by atoms with van der Waals surface area (Å²) in [7, 11) is 1.53. The van der Waals surface area contributed by atoms with Crippen molar-refractivity contribution in [1.82, 2.24) is 9.97 Å². The maximum Gasteiger partial charge on any atom is 0.296 e. The molecule has 5 aromatic rings. The molecule has 0 aliphatic rings. The van der Waals surface area contributed by atoms with Gasteiger partial charge in [-0.3, -0.25) is 9.59 Å². The second-order valence-corrected chi connectivity index (χ2v) is 11.3. The van der Waals surface area contributed by atoms with Gasteiger partial charge in [0.2, 0.25) is 5.95 Å². The first-order valence-corrected chi connectivity index (χ1v) is 14.1. The van der Waals surface area contributed by atoms with E-state index in [9.17, 15) is 9.59 Å². The highest BCUT2D eigenvalue weighted by Gasteiger charge is 2.23. The van der Waals surface area contributed by atoms with E-state index in [1.807, 2.05) is 54.6 Å². The zero-order valence-electron chi connectivity index (χ0n) is 24.9. The normalized spacial score (nSPS) is 11.9. The predicted molar refractivity (Wildman–Crippen MR) is 172 cm³/mol. The molecular formula is C35H35N5O3. The van der Waals surface area contributed by atoms with Gasteiger partial charge in [-0.15, -0.1) is 0 Å². The first-order valence-electron chi connectivity index (χ1n) is 14.1. The summed E-state index contributed by atoms with van der Waals surface area (Å²) in [5, 5.41) is 10.9. The number of ketones is 1. The molecule has 8 heteroatoms. The maximum absolute atomic E-state index is 13.5. The molecule has 1 aromatic heterocycles. The summed E-state index contributed by atoms with van der Waals surface area (Å²) in [5.74, 6) is 0.171. The predicted octanol–water partition coefficient (Wildman–Crippen LogP) is 7.67. The van der Waals surface area contributed by atoms with Crippen LogP contribution in [0.5, 0.6) is 5.75 Å². The third kappa shape index (κ3) is 6.64. The van der Waals surface area contributed by atoms with E-state index in [0.717, 1.165) is 22.2 Å². The Morgan fingerprint density at radius 2 is 1.56 bits per heavy atom. The lowest BCUT2D eigenvalue weighted by atomic mass is 9.87. The fourth-order valence-electron chi connectivity index (χ4n) is 4.83. The Labute approximate surface area is 251 Å². The van der Waals surface area contributed by atoms with Crippen molar-refractivity contribution in [1.29, 1.82) is 0 Å². The number of methoxy groups -OCH3 is 1. The monoisotopic (exact) mass is 573 g/mol. The van der Waals surface area contributed by atoms with Crippen LogP contribution in [0.3, 0.4) is 0 Å². The van der Waals surface area contributed by atoms with Crippen LogP contribution in [0, 0.1) is 0 Å². The molecule has 218 valence electrons. The van der Waals surface area contributed by atoms with Crippen LogP contribution in [-0.4, -0.2) is 28.8 Å². The minimum absolute atomic E-state index is 0.0182. The smallest absolute Gasteiger partial charge is 0.296 e. The summed E-state index contributed by atoms with van der Waals surface area (Å²) >= 11 is 0. The number of carbonyl (C=O) groups is 2. The fraction of sp³-hybridized carbons (Fsp3) is 0.200. The Bertz CT molecular complexity index is 1780. The van der Waals surface area contributed by atoms with Crippen molar-refractivity contribution in [2.45, 2.75) is 39.2 Å². The molecule has 1 amide bonds. The van der Waals surface area contributed by atoms with Gasteiger partial charge in [0.05, 0.1) is 18.8 Å². The highest BCUT2D eigenvalue weighted by Crippen LogP contribution is 2.33. The first kappa shape index (κ1) is 29.3. The van der Waals surface area contributed by atoms with Crippen LogP contribution < -0.4 is 20.7 Å². The standard InChI is InChI=1S/C35H35N5O3/c1-22(23-11-7-6-8-12-23)37-34-36-20-19-31(40-34)38-28-17-16-27(25-13-9-10-14-26(25)28)32(41)33(42)39-29-21-24(35(2,3)4)15-18-30(29)43-5/h6-22H,1-5H3,(H,39,42)(H2,36,37,38,40). The molecule has 0 radical (unpaired) electrons. The van der Waals surface area contributed by atoms with Crippen LogP contribution in [0.4, 0.5) is 23.1 Å². The Hall–Kier alpha value is -5.24. The number of hydrogen-bond acceptors (Lipinski definition) is 7. The van der Waals surface area contributed by atoms with Crippen LogP contribution in [0.1, 0.15) is 55.2 Å². The van der Waals surface area contributed by atoms with Gasteiger partial charge in [0, 0.05) is 22.8 Å². The Morgan fingerprint density at radius 1 is 0.837 bits per heavy atom. The van der Waals surface area contributed by atoms with Gasteiger partial charge in [-0.05, 0) is 59.2 Å². The van der Waals surface area contributed by atoms with Gasteiger partial charge in [-0.2, -0.15) is 4.98 Å². The molecule has 3 N–H and O–H groups in total. The molecule has 1 heterocycles. The van der Waals surface area contributed by atoms with Crippen molar-refractivity contribution in [3.8, 4) is 5.75 Å². The highest BCUT2D eigenvalue weighted by atomic mass is 16.5. The lowest BCUT2D eigenvalue weighted by Gasteiger charge is -2.21. The third-order valence-electron chi connectivity index (χ3n) is 7.25. The molecule has 1 unspecified atom stereocenters. The molecule has 0 aliphatic heterocycles. The van der Waals surface area contributed by atoms with E-state index in [1.54, 1.807) is 30.5 Å². The molecule has 43 heavy (non-hydrogen) atoms. The minimum Gasteiger partial charge on any atom is -0.495 e. The van der Waals surface area contributed by atoms with Crippen LogP contribution >= 0.6 is 0 Å². The van der Waals surface area contributed by atoms with Gasteiger partial charge in [-0.25, -0.2) is 4.98 Å². The lowest BCUT2D eigenvalue weighted by molar-refractivity contribution is -0.112. The van der Waals surface area contributed by atoms with E-state index >= 15 is 0 Å². The summed E-state index contributed by atoms with van der Waals surface area (Å²) in [5.41, 5.74) is 3.48. The van der Waals surface area contributed by atoms with E-state index in [1.165, 1.54) is 7.11 Å². The number of rotatable bonds is 9. The molecule has 4 aromatic carbocycles. The van der Waals surface area contributed by atoms with Gasteiger partial charge >= 0.3 is 0 Å². The van der Waals surface area contributed by atoms with E-state index < -0.39 is 11.7 Å². The number of nitrogens with one attached hydrogen (secondary N) is 3. The van der Waals surface area contributed by atoms with Gasteiger partial charge in [-0.1, -0.05) is 81.4 Å². The molecule has 0 spiro atoms. The zero-order chi connectivity index (χ0) is 30.6. The van der Waals surface area contributed by atoms with Crippen molar-refractivity contribution in [3.05, 3.63) is 114 Å². The molecular weight excluding hydrogens is 538 g/mol. The number of nitrogens with zero attached hydrogens (tertiary/aromatic N) is 2. The average Bonchev–Trinajstić information content (AvgIpc) is 3.01. The number of anilines is 4. The van der Waals surface area contributed by atoms with Crippen LogP contribution in [0.25, 0.3) is 10.8 Å². The van der Waals surface area contributed by atoms with Crippen molar-refractivity contribution in [3.63, 3.8) is 0 Å². The lowest BCUT2D eigenvalue weighted by Crippen LogP contribution is -2.24. The molecule has 0 saturated carbocycles. The average molecular weight is 574 g/mol. The van der Waals surface area contributed by atoms with Gasteiger partial charge in [0.15, 0.2) is 0 Å². The SMILES string of the molecule is COc1ccc(C(C)(C)C)cc1NC(=O)C(=O)c1ccc(Nc2ccnc(NC(C)c3ccccc3)n2)c2ccccc12. The van der Waals surface area contributed by atoms with Crippen molar-refractivity contribution < 1.29 is 14.3 Å². The Balaban J connectivity index is 1.38. The summed E-state index contributed by atoms with van der Waals surface area (Å²) in [6, 6.07) is 28.4. The summed E-state index contributed by atoms with van der Waals surface area (Å²) in [6.45, 7) is 8.29. The van der Waals surface area contributed by atoms with Crippen molar-refractivity contribution >= 4 is 45.6 Å². The van der Waals surface area contributed by atoms with Crippen molar-refractivity contribution in [2.24, 2.45) is 0 Å². The van der Waals surface area contributed by atoms with Crippen molar-refractivity contribution in [2.75, 3.05) is 23.1 Å². The summed E-state index contributed by atoms with van der Waals surface area (Å²) in [6.07, 6.45) is 1.68. The number of hydrogen-bond donors (Lipinski definition) is 3. The number of fused-ring (bicyclic) bond motifs is 1. The molecule has 5 rings (SSSR count). The molecule has 0 aliphatic carbocycles. The zero-order valence-corrected chi connectivity index (χ0v) is 24.9. The number of ether oxygens (including phenoxy) is 1. The molecule has 0 saturated heterocycles.